The van der Waals surface area contributed by atoms with Gasteiger partial charge in [-0.3, -0.25) is 4.79 Å². The van der Waals surface area contributed by atoms with Crippen molar-refractivity contribution in [3.63, 3.8) is 0 Å². The minimum Gasteiger partial charge on any atom is -0.478 e. The zero-order valence-electron chi connectivity index (χ0n) is 7.42. The first-order valence-corrected chi connectivity index (χ1v) is 3.58. The number of Topliss-reactive ketones (excluding diaryl/α,β-unsaturated/α-hetero) is 1. The Balaban J connectivity index is 4.72. The number of ketones is 1. The van der Waals surface area contributed by atoms with Crippen molar-refractivity contribution in [1.29, 1.82) is 0 Å². The normalized spacial score (nSPS) is 12.9. The highest BCUT2D eigenvalue weighted by atomic mass is 16.4. The molecule has 0 spiro atoms. The second kappa shape index (κ2) is 4.49. The lowest BCUT2D eigenvalue weighted by molar-refractivity contribution is -0.132. The van der Waals surface area contributed by atoms with Crippen LogP contribution in [-0.2, 0) is 9.59 Å². The number of carboxylic acid groups (broad SMARTS) is 1. The van der Waals surface area contributed by atoms with Crippen LogP contribution < -0.4 is 0 Å². The molecule has 0 aromatic heterocycles. The van der Waals surface area contributed by atoms with Gasteiger partial charge in [0.1, 0.15) is 0 Å². The molecule has 0 aromatic rings. The summed E-state index contributed by atoms with van der Waals surface area (Å²) in [6.07, 6.45) is 2.82. The van der Waals surface area contributed by atoms with E-state index in [1.54, 1.807) is 13.8 Å². The van der Waals surface area contributed by atoms with Crippen LogP contribution in [0, 0.1) is 0 Å². The molecule has 0 amide bonds. The first kappa shape index (κ1) is 10.6. The third-order valence-corrected chi connectivity index (χ3v) is 1.49. The fourth-order valence-electron chi connectivity index (χ4n) is 0.603. The molecule has 0 bridgehead atoms. The van der Waals surface area contributed by atoms with Crippen LogP contribution in [0.4, 0.5) is 0 Å². The highest BCUT2D eigenvalue weighted by Crippen LogP contribution is 2.03. The standard InChI is InChI=1S/C9H12O3/c1-4-8(9(11)12)5-6(2)7(3)10/h4-5H,1-3H3,(H,11,12). The summed E-state index contributed by atoms with van der Waals surface area (Å²) in [6, 6.07) is 0. The van der Waals surface area contributed by atoms with Crippen LogP contribution >= 0.6 is 0 Å². The summed E-state index contributed by atoms with van der Waals surface area (Å²) in [5.74, 6) is -1.13. The molecule has 3 heteroatoms. The van der Waals surface area contributed by atoms with Gasteiger partial charge < -0.3 is 5.11 Å². The van der Waals surface area contributed by atoms with E-state index in [1.165, 1.54) is 19.1 Å². The molecule has 3 nitrogen and oxygen atoms in total. The Bertz CT molecular complexity index is 259. The van der Waals surface area contributed by atoms with Gasteiger partial charge in [0, 0.05) is 0 Å². The largest absolute Gasteiger partial charge is 0.478 e. The smallest absolute Gasteiger partial charge is 0.335 e. The van der Waals surface area contributed by atoms with Gasteiger partial charge in [0.15, 0.2) is 5.78 Å². The van der Waals surface area contributed by atoms with E-state index in [1.807, 2.05) is 0 Å². The molecular formula is C9H12O3. The maximum Gasteiger partial charge on any atom is 0.335 e. The molecular weight excluding hydrogens is 156 g/mol. The van der Waals surface area contributed by atoms with Crippen molar-refractivity contribution < 1.29 is 14.7 Å². The van der Waals surface area contributed by atoms with Crippen molar-refractivity contribution in [1.82, 2.24) is 0 Å². The van der Waals surface area contributed by atoms with E-state index in [-0.39, 0.29) is 11.4 Å². The lowest BCUT2D eigenvalue weighted by Gasteiger charge is -1.95. The van der Waals surface area contributed by atoms with Crippen molar-refractivity contribution in [3.05, 3.63) is 23.3 Å². The molecule has 66 valence electrons. The third-order valence-electron chi connectivity index (χ3n) is 1.49. The maximum absolute atomic E-state index is 10.7. The van der Waals surface area contributed by atoms with Gasteiger partial charge in [-0.15, -0.1) is 0 Å². The van der Waals surface area contributed by atoms with Gasteiger partial charge in [-0.05, 0) is 32.4 Å². The summed E-state index contributed by atoms with van der Waals surface area (Å²) in [5, 5.41) is 8.58. The van der Waals surface area contributed by atoms with Crippen LogP contribution in [0.5, 0.6) is 0 Å². The van der Waals surface area contributed by atoms with E-state index in [2.05, 4.69) is 0 Å². The molecule has 0 fully saturated rings. The molecule has 1 N–H and O–H groups in total. The predicted molar refractivity (Wildman–Crippen MR) is 45.8 cm³/mol. The Kier molecular flexibility index (Phi) is 3.97. The minimum absolute atomic E-state index is 0.115. The topological polar surface area (TPSA) is 54.4 Å². The molecule has 0 heterocycles. The third kappa shape index (κ3) is 3.14. The predicted octanol–water partition coefficient (Wildman–Crippen LogP) is 1.55. The van der Waals surface area contributed by atoms with E-state index in [0.29, 0.717) is 5.57 Å². The summed E-state index contributed by atoms with van der Waals surface area (Å²) < 4.78 is 0. The van der Waals surface area contributed by atoms with E-state index < -0.39 is 5.97 Å². The molecule has 0 unspecified atom stereocenters. The number of allylic oxidation sites excluding steroid dienone is 2. The van der Waals surface area contributed by atoms with E-state index in [0.717, 1.165) is 0 Å². The summed E-state index contributed by atoms with van der Waals surface area (Å²) >= 11 is 0. The number of carbonyl (C=O) groups is 2. The zero-order valence-corrected chi connectivity index (χ0v) is 7.42. The number of hydrogen-bond acceptors (Lipinski definition) is 2. The average molecular weight is 168 g/mol. The number of hydrogen-bond donors (Lipinski definition) is 1. The van der Waals surface area contributed by atoms with Gasteiger partial charge in [-0.25, -0.2) is 4.79 Å². The lowest BCUT2D eigenvalue weighted by Crippen LogP contribution is -2.00. The van der Waals surface area contributed by atoms with E-state index in [9.17, 15) is 9.59 Å². The van der Waals surface area contributed by atoms with Gasteiger partial charge in [-0.2, -0.15) is 0 Å². The highest BCUT2D eigenvalue weighted by molar-refractivity contribution is 5.97. The second-order valence-electron chi connectivity index (χ2n) is 2.43. The Morgan fingerprint density at radius 2 is 1.75 bits per heavy atom. The summed E-state index contributed by atoms with van der Waals surface area (Å²) in [4.78, 5) is 21.2. The Hall–Kier alpha value is -1.38. The number of carbonyl (C=O) groups excluding carboxylic acids is 1. The number of carboxylic acids is 1. The molecule has 12 heavy (non-hydrogen) atoms. The Labute approximate surface area is 71.4 Å². The first-order chi connectivity index (χ1) is 5.49. The molecule has 0 rings (SSSR count). The lowest BCUT2D eigenvalue weighted by atomic mass is 10.1. The molecule has 0 aliphatic heterocycles. The van der Waals surface area contributed by atoms with Crippen molar-refractivity contribution in [3.8, 4) is 0 Å². The SMILES string of the molecule is CC=C(C=C(C)C(C)=O)C(=O)O. The van der Waals surface area contributed by atoms with Crippen LogP contribution in [0.2, 0.25) is 0 Å². The van der Waals surface area contributed by atoms with Crippen molar-refractivity contribution in [2.75, 3.05) is 0 Å². The van der Waals surface area contributed by atoms with Crippen molar-refractivity contribution >= 4 is 11.8 Å². The maximum atomic E-state index is 10.7. The average Bonchev–Trinajstić information content (AvgIpc) is 1.98. The van der Waals surface area contributed by atoms with Gasteiger partial charge >= 0.3 is 5.97 Å². The Morgan fingerprint density at radius 1 is 1.25 bits per heavy atom. The molecule has 0 aliphatic carbocycles. The van der Waals surface area contributed by atoms with Gasteiger partial charge in [-0.1, -0.05) is 6.08 Å². The van der Waals surface area contributed by atoms with Crippen molar-refractivity contribution in [2.24, 2.45) is 0 Å². The summed E-state index contributed by atoms with van der Waals surface area (Å²) in [7, 11) is 0. The second-order valence-corrected chi connectivity index (χ2v) is 2.43. The van der Waals surface area contributed by atoms with Gasteiger partial charge in [0.05, 0.1) is 5.57 Å². The van der Waals surface area contributed by atoms with Crippen LogP contribution in [0.15, 0.2) is 23.3 Å². The van der Waals surface area contributed by atoms with Crippen molar-refractivity contribution in [2.45, 2.75) is 20.8 Å². The minimum atomic E-state index is -1.02. The van der Waals surface area contributed by atoms with Crippen LogP contribution in [0.25, 0.3) is 0 Å². The molecule has 0 saturated heterocycles. The monoisotopic (exact) mass is 168 g/mol. The summed E-state index contributed by atoms with van der Waals surface area (Å²) in [5.41, 5.74) is 0.591. The quantitative estimate of drug-likeness (QED) is 0.513. The van der Waals surface area contributed by atoms with Crippen LogP contribution in [0.1, 0.15) is 20.8 Å². The van der Waals surface area contributed by atoms with E-state index in [4.69, 9.17) is 5.11 Å². The summed E-state index contributed by atoms with van der Waals surface area (Å²) in [6.45, 7) is 4.61. The number of rotatable bonds is 3. The fraction of sp³-hybridized carbons (Fsp3) is 0.333. The molecule has 0 aliphatic rings. The molecule has 0 atom stereocenters. The van der Waals surface area contributed by atoms with E-state index >= 15 is 0 Å². The van der Waals surface area contributed by atoms with Crippen LogP contribution in [0.3, 0.4) is 0 Å². The van der Waals surface area contributed by atoms with Crippen LogP contribution in [-0.4, -0.2) is 16.9 Å². The van der Waals surface area contributed by atoms with Gasteiger partial charge in [0.2, 0.25) is 0 Å². The Morgan fingerprint density at radius 3 is 2.00 bits per heavy atom. The van der Waals surface area contributed by atoms with Gasteiger partial charge in [0.25, 0.3) is 0 Å². The highest BCUT2D eigenvalue weighted by Gasteiger charge is 2.04. The zero-order chi connectivity index (χ0) is 9.72. The molecule has 0 aromatic carbocycles. The molecule has 0 radical (unpaired) electrons. The fourth-order valence-corrected chi connectivity index (χ4v) is 0.603. The number of aliphatic carboxylic acids is 1. The first-order valence-electron chi connectivity index (χ1n) is 3.58. The molecule has 0 saturated carbocycles.